The first-order valence-electron chi connectivity index (χ1n) is 6.98. The van der Waals surface area contributed by atoms with Crippen LogP contribution in [0.5, 0.6) is 0 Å². The highest BCUT2D eigenvalue weighted by molar-refractivity contribution is 6.11. The summed E-state index contributed by atoms with van der Waals surface area (Å²) in [6.07, 6.45) is 1.46. The van der Waals surface area contributed by atoms with Crippen molar-refractivity contribution in [3.05, 3.63) is 74.8 Å². The Morgan fingerprint density at radius 3 is 2.14 bits per heavy atom. The van der Waals surface area contributed by atoms with Crippen molar-refractivity contribution >= 4 is 11.5 Å². The number of carbonyl (C=O) groups excluding carboxylic acids is 1. The van der Waals surface area contributed by atoms with Gasteiger partial charge in [-0.15, -0.1) is 0 Å². The van der Waals surface area contributed by atoms with Gasteiger partial charge in [-0.3, -0.25) is 14.9 Å². The van der Waals surface area contributed by atoms with E-state index in [2.05, 4.69) is 0 Å². The average Bonchev–Trinajstić information content (AvgIpc) is 2.53. The summed E-state index contributed by atoms with van der Waals surface area (Å²) in [6.45, 7) is 3.94. The highest BCUT2D eigenvalue weighted by atomic mass is 16.6. The molecular formula is C17H17NO3. The van der Waals surface area contributed by atoms with E-state index in [1.54, 1.807) is 30.3 Å². The molecule has 0 saturated heterocycles. The van der Waals surface area contributed by atoms with Crippen LogP contribution in [0.2, 0.25) is 0 Å². The van der Waals surface area contributed by atoms with E-state index in [4.69, 9.17) is 0 Å². The van der Waals surface area contributed by atoms with E-state index >= 15 is 0 Å². The number of nitro benzene ring substituents is 1. The molecule has 0 N–H and O–H groups in total. The molecule has 4 nitrogen and oxygen atoms in total. The Labute approximate surface area is 123 Å². The number of aryl methyl sites for hydroxylation is 2. The number of nitro groups is 1. The molecule has 0 spiro atoms. The van der Waals surface area contributed by atoms with Gasteiger partial charge in [0.05, 0.1) is 4.92 Å². The number of rotatable bonds is 5. The third-order valence-electron chi connectivity index (χ3n) is 3.56. The molecule has 108 valence electrons. The Hall–Kier alpha value is -2.49. The molecule has 0 radical (unpaired) electrons. The van der Waals surface area contributed by atoms with Gasteiger partial charge in [0.15, 0.2) is 5.78 Å². The summed E-state index contributed by atoms with van der Waals surface area (Å²) in [5, 5.41) is 11.3. The number of benzene rings is 2. The Morgan fingerprint density at radius 1 is 1.05 bits per heavy atom. The van der Waals surface area contributed by atoms with E-state index in [1.165, 1.54) is 6.07 Å². The zero-order valence-electron chi connectivity index (χ0n) is 12.1. The largest absolute Gasteiger partial charge is 0.288 e. The van der Waals surface area contributed by atoms with Gasteiger partial charge in [-0.1, -0.05) is 44.2 Å². The molecule has 21 heavy (non-hydrogen) atoms. The lowest BCUT2D eigenvalue weighted by Gasteiger charge is -2.09. The summed E-state index contributed by atoms with van der Waals surface area (Å²) in [7, 11) is 0. The SMILES string of the molecule is CCc1cc(C(=O)c2ccccc2)c([N+](=O)[O-])cc1CC. The Bertz CT molecular complexity index is 678. The lowest BCUT2D eigenvalue weighted by Crippen LogP contribution is -2.08. The summed E-state index contributed by atoms with van der Waals surface area (Å²) in [6, 6.07) is 11.9. The van der Waals surface area contributed by atoms with Crippen molar-refractivity contribution in [3.63, 3.8) is 0 Å². The molecule has 0 aliphatic carbocycles. The molecule has 2 aromatic carbocycles. The van der Waals surface area contributed by atoms with E-state index in [0.29, 0.717) is 12.0 Å². The van der Waals surface area contributed by atoms with Crippen LogP contribution in [-0.4, -0.2) is 10.7 Å². The normalized spacial score (nSPS) is 10.4. The van der Waals surface area contributed by atoms with Crippen molar-refractivity contribution in [2.24, 2.45) is 0 Å². The second kappa shape index (κ2) is 6.31. The fraction of sp³-hybridized carbons (Fsp3) is 0.235. The number of hydrogen-bond acceptors (Lipinski definition) is 3. The molecular weight excluding hydrogens is 266 g/mol. The second-order valence-corrected chi connectivity index (χ2v) is 4.80. The van der Waals surface area contributed by atoms with Crippen LogP contribution in [0, 0.1) is 10.1 Å². The molecule has 0 aliphatic heterocycles. The van der Waals surface area contributed by atoms with Gasteiger partial charge in [-0.2, -0.15) is 0 Å². The third kappa shape index (κ3) is 2.99. The van der Waals surface area contributed by atoms with E-state index < -0.39 is 4.92 Å². The highest BCUT2D eigenvalue weighted by Gasteiger charge is 2.23. The topological polar surface area (TPSA) is 60.2 Å². The van der Waals surface area contributed by atoms with Crippen LogP contribution >= 0.6 is 0 Å². The van der Waals surface area contributed by atoms with E-state index in [1.807, 2.05) is 19.9 Å². The first kappa shape index (κ1) is 14.9. The number of carbonyl (C=O) groups is 1. The van der Waals surface area contributed by atoms with Crippen LogP contribution < -0.4 is 0 Å². The Morgan fingerprint density at radius 2 is 1.62 bits per heavy atom. The predicted octanol–water partition coefficient (Wildman–Crippen LogP) is 3.95. The molecule has 0 aromatic heterocycles. The molecule has 2 rings (SSSR count). The molecule has 0 bridgehead atoms. The Balaban J connectivity index is 2.61. The zero-order valence-corrected chi connectivity index (χ0v) is 12.1. The first-order valence-corrected chi connectivity index (χ1v) is 6.98. The van der Waals surface area contributed by atoms with Gasteiger partial charge in [0, 0.05) is 11.6 Å². The summed E-state index contributed by atoms with van der Waals surface area (Å²) < 4.78 is 0. The number of hydrogen-bond donors (Lipinski definition) is 0. The number of nitrogens with zero attached hydrogens (tertiary/aromatic N) is 1. The van der Waals surface area contributed by atoms with Crippen molar-refractivity contribution in [1.82, 2.24) is 0 Å². The van der Waals surface area contributed by atoms with E-state index in [-0.39, 0.29) is 17.0 Å². The maximum atomic E-state index is 12.5. The molecule has 2 aromatic rings. The molecule has 0 atom stereocenters. The summed E-state index contributed by atoms with van der Waals surface area (Å²) in [5.74, 6) is -0.306. The van der Waals surface area contributed by atoms with E-state index in [9.17, 15) is 14.9 Å². The molecule has 0 amide bonds. The van der Waals surface area contributed by atoms with Gasteiger partial charge in [-0.25, -0.2) is 0 Å². The van der Waals surface area contributed by atoms with Crippen molar-refractivity contribution in [3.8, 4) is 0 Å². The monoisotopic (exact) mass is 283 g/mol. The Kier molecular flexibility index (Phi) is 4.48. The maximum Gasteiger partial charge on any atom is 0.280 e. The van der Waals surface area contributed by atoms with Crippen molar-refractivity contribution in [2.75, 3.05) is 0 Å². The standard InChI is InChI=1S/C17H17NO3/c1-3-12-10-15(16(18(20)21)11-13(12)4-2)17(19)14-8-6-5-7-9-14/h5-11H,3-4H2,1-2H3. The van der Waals surface area contributed by atoms with Gasteiger partial charge in [-0.05, 0) is 30.0 Å². The quantitative estimate of drug-likeness (QED) is 0.474. The fourth-order valence-corrected chi connectivity index (χ4v) is 2.41. The van der Waals surface area contributed by atoms with Crippen LogP contribution in [-0.2, 0) is 12.8 Å². The number of ketones is 1. The van der Waals surface area contributed by atoms with Crippen LogP contribution in [0.3, 0.4) is 0 Å². The van der Waals surface area contributed by atoms with Gasteiger partial charge >= 0.3 is 0 Å². The predicted molar refractivity (Wildman–Crippen MR) is 81.7 cm³/mol. The van der Waals surface area contributed by atoms with Gasteiger partial charge in [0.1, 0.15) is 5.56 Å². The zero-order chi connectivity index (χ0) is 15.4. The summed E-state index contributed by atoms with van der Waals surface area (Å²) in [4.78, 5) is 23.3. The van der Waals surface area contributed by atoms with Crippen LogP contribution in [0.4, 0.5) is 5.69 Å². The smallest absolute Gasteiger partial charge is 0.280 e. The minimum Gasteiger partial charge on any atom is -0.288 e. The van der Waals surface area contributed by atoms with Gasteiger partial charge < -0.3 is 0 Å². The second-order valence-electron chi connectivity index (χ2n) is 4.80. The molecule has 4 heteroatoms. The fourth-order valence-electron chi connectivity index (χ4n) is 2.41. The highest BCUT2D eigenvalue weighted by Crippen LogP contribution is 2.27. The van der Waals surface area contributed by atoms with Crippen LogP contribution in [0.15, 0.2) is 42.5 Å². The van der Waals surface area contributed by atoms with Crippen molar-refractivity contribution in [1.29, 1.82) is 0 Å². The average molecular weight is 283 g/mol. The van der Waals surface area contributed by atoms with Crippen molar-refractivity contribution < 1.29 is 9.72 Å². The van der Waals surface area contributed by atoms with Crippen molar-refractivity contribution in [2.45, 2.75) is 26.7 Å². The first-order chi connectivity index (χ1) is 10.1. The molecule has 0 unspecified atom stereocenters. The van der Waals surface area contributed by atoms with Crippen LogP contribution in [0.1, 0.15) is 40.9 Å². The van der Waals surface area contributed by atoms with Gasteiger partial charge in [0.25, 0.3) is 5.69 Å². The molecule has 0 saturated carbocycles. The molecule has 0 fully saturated rings. The maximum absolute atomic E-state index is 12.5. The minimum absolute atomic E-state index is 0.113. The third-order valence-corrected chi connectivity index (χ3v) is 3.56. The molecule has 0 heterocycles. The lowest BCUT2D eigenvalue weighted by molar-refractivity contribution is -0.385. The van der Waals surface area contributed by atoms with Crippen LogP contribution in [0.25, 0.3) is 0 Å². The van der Waals surface area contributed by atoms with Gasteiger partial charge in [0.2, 0.25) is 0 Å². The summed E-state index contributed by atoms with van der Waals surface area (Å²) >= 11 is 0. The molecule has 0 aliphatic rings. The summed E-state index contributed by atoms with van der Waals surface area (Å²) in [5.41, 5.74) is 2.43. The minimum atomic E-state index is -0.477. The van der Waals surface area contributed by atoms with E-state index in [0.717, 1.165) is 17.5 Å². The lowest BCUT2D eigenvalue weighted by atomic mass is 9.94.